The molecule has 0 fully saturated rings. The summed E-state index contributed by atoms with van der Waals surface area (Å²) < 4.78 is 0. The van der Waals surface area contributed by atoms with Crippen LogP contribution in [-0.2, 0) is 4.79 Å². The van der Waals surface area contributed by atoms with Crippen molar-refractivity contribution in [3.8, 4) is 0 Å². The predicted octanol–water partition coefficient (Wildman–Crippen LogP) is -0.182. The number of hydrogen-bond acceptors (Lipinski definition) is 3. The second kappa shape index (κ2) is 4.31. The van der Waals surface area contributed by atoms with Crippen LogP contribution in [0.2, 0.25) is 0 Å². The standard InChI is InChI=1S/C7H15NO3/c1-4(2)8-6(5(3)9)7(10)11/h4-6,8-9H,1-3H3,(H,10,11)/t5?,6-/m1/s1. The van der Waals surface area contributed by atoms with E-state index in [1.54, 1.807) is 0 Å². The third-order valence-corrected chi connectivity index (χ3v) is 1.26. The average molecular weight is 161 g/mol. The molecule has 0 saturated heterocycles. The van der Waals surface area contributed by atoms with Gasteiger partial charge in [0, 0.05) is 6.04 Å². The molecule has 0 aromatic heterocycles. The van der Waals surface area contributed by atoms with Gasteiger partial charge in [-0.05, 0) is 6.92 Å². The second-order valence-electron chi connectivity index (χ2n) is 2.88. The number of nitrogens with one attached hydrogen (secondary N) is 1. The normalized spacial score (nSPS) is 16.5. The monoisotopic (exact) mass is 161 g/mol. The Bertz CT molecular complexity index is 134. The lowest BCUT2D eigenvalue weighted by atomic mass is 10.1. The van der Waals surface area contributed by atoms with Gasteiger partial charge < -0.3 is 15.5 Å². The van der Waals surface area contributed by atoms with Gasteiger partial charge in [0.25, 0.3) is 0 Å². The molecule has 3 N–H and O–H groups in total. The van der Waals surface area contributed by atoms with Crippen LogP contribution in [0.25, 0.3) is 0 Å². The van der Waals surface area contributed by atoms with Crippen LogP contribution in [0.3, 0.4) is 0 Å². The van der Waals surface area contributed by atoms with Crippen LogP contribution in [0, 0.1) is 0 Å². The smallest absolute Gasteiger partial charge is 0.323 e. The molecule has 1 unspecified atom stereocenters. The second-order valence-corrected chi connectivity index (χ2v) is 2.88. The number of aliphatic hydroxyl groups excluding tert-OH is 1. The lowest BCUT2D eigenvalue weighted by molar-refractivity contribution is -0.142. The van der Waals surface area contributed by atoms with Gasteiger partial charge in [0.05, 0.1) is 6.10 Å². The van der Waals surface area contributed by atoms with Gasteiger partial charge in [-0.1, -0.05) is 13.8 Å². The summed E-state index contributed by atoms with van der Waals surface area (Å²) in [6.07, 6.45) is -0.866. The summed E-state index contributed by atoms with van der Waals surface area (Å²) in [5.74, 6) is -1.02. The first-order valence-electron chi connectivity index (χ1n) is 3.62. The molecule has 0 aromatic rings. The minimum absolute atomic E-state index is 0.0608. The van der Waals surface area contributed by atoms with E-state index in [-0.39, 0.29) is 6.04 Å². The van der Waals surface area contributed by atoms with E-state index in [1.165, 1.54) is 6.92 Å². The van der Waals surface area contributed by atoms with Crippen molar-refractivity contribution in [1.82, 2.24) is 5.32 Å². The molecule has 11 heavy (non-hydrogen) atoms. The van der Waals surface area contributed by atoms with Crippen molar-refractivity contribution in [1.29, 1.82) is 0 Å². The molecule has 2 atom stereocenters. The summed E-state index contributed by atoms with van der Waals surface area (Å²) in [6.45, 7) is 5.12. The molecule has 0 amide bonds. The van der Waals surface area contributed by atoms with Crippen LogP contribution in [0.4, 0.5) is 0 Å². The Morgan fingerprint density at radius 2 is 1.82 bits per heavy atom. The highest BCUT2D eigenvalue weighted by molar-refractivity contribution is 5.74. The first kappa shape index (κ1) is 10.4. The Kier molecular flexibility index (Phi) is 4.07. The number of aliphatic carboxylic acids is 1. The van der Waals surface area contributed by atoms with Crippen molar-refractivity contribution < 1.29 is 15.0 Å². The van der Waals surface area contributed by atoms with Crippen LogP contribution in [-0.4, -0.2) is 34.4 Å². The molecule has 0 saturated carbocycles. The minimum Gasteiger partial charge on any atom is -0.480 e. The number of aliphatic hydroxyl groups is 1. The minimum atomic E-state index is -1.02. The van der Waals surface area contributed by atoms with E-state index in [0.717, 1.165) is 0 Å². The highest BCUT2D eigenvalue weighted by atomic mass is 16.4. The van der Waals surface area contributed by atoms with E-state index >= 15 is 0 Å². The zero-order valence-electron chi connectivity index (χ0n) is 7.03. The molecule has 0 spiro atoms. The molecule has 4 heteroatoms. The highest BCUT2D eigenvalue weighted by Crippen LogP contribution is 1.94. The number of carboxylic acid groups (broad SMARTS) is 1. The summed E-state index contributed by atoms with van der Waals surface area (Å²) >= 11 is 0. The molecule has 66 valence electrons. The Balaban J connectivity index is 4.01. The molecular formula is C7H15NO3. The molecule has 4 nitrogen and oxygen atoms in total. The quantitative estimate of drug-likeness (QED) is 0.535. The third-order valence-electron chi connectivity index (χ3n) is 1.26. The van der Waals surface area contributed by atoms with Crippen molar-refractivity contribution in [2.75, 3.05) is 0 Å². The summed E-state index contributed by atoms with van der Waals surface area (Å²) in [4.78, 5) is 10.5. The van der Waals surface area contributed by atoms with Crippen molar-refractivity contribution >= 4 is 5.97 Å². The van der Waals surface area contributed by atoms with Crippen LogP contribution in [0.15, 0.2) is 0 Å². The van der Waals surface area contributed by atoms with Gasteiger partial charge >= 0.3 is 5.97 Å². The van der Waals surface area contributed by atoms with Gasteiger partial charge in [0.2, 0.25) is 0 Å². The number of hydrogen-bond donors (Lipinski definition) is 3. The zero-order chi connectivity index (χ0) is 9.02. The van der Waals surface area contributed by atoms with Gasteiger partial charge in [-0.25, -0.2) is 0 Å². The molecule has 0 aliphatic rings. The van der Waals surface area contributed by atoms with Crippen molar-refractivity contribution in [2.45, 2.75) is 39.0 Å². The fourth-order valence-electron chi connectivity index (χ4n) is 0.776. The summed E-state index contributed by atoms with van der Waals surface area (Å²) in [6, 6.07) is -0.805. The molecule has 0 heterocycles. The first-order chi connectivity index (χ1) is 4.95. The maximum atomic E-state index is 10.5. The number of carboxylic acids is 1. The molecule has 0 radical (unpaired) electrons. The lowest BCUT2D eigenvalue weighted by Crippen LogP contribution is -2.47. The predicted molar refractivity (Wildman–Crippen MR) is 41.4 cm³/mol. The Morgan fingerprint density at radius 1 is 1.36 bits per heavy atom. The average Bonchev–Trinajstić information content (AvgIpc) is 1.81. The van der Waals surface area contributed by atoms with Crippen molar-refractivity contribution in [2.24, 2.45) is 0 Å². The number of carbonyl (C=O) groups is 1. The van der Waals surface area contributed by atoms with E-state index < -0.39 is 18.1 Å². The van der Waals surface area contributed by atoms with Gasteiger partial charge in [-0.15, -0.1) is 0 Å². The van der Waals surface area contributed by atoms with E-state index in [1.807, 2.05) is 13.8 Å². The van der Waals surface area contributed by atoms with Crippen LogP contribution in [0.5, 0.6) is 0 Å². The SMILES string of the molecule is CC(C)N[C@@H](C(=O)O)C(C)O. The summed E-state index contributed by atoms with van der Waals surface area (Å²) in [7, 11) is 0. The largest absolute Gasteiger partial charge is 0.480 e. The van der Waals surface area contributed by atoms with Crippen LogP contribution >= 0.6 is 0 Å². The van der Waals surface area contributed by atoms with Gasteiger partial charge in [0.15, 0.2) is 0 Å². The first-order valence-corrected chi connectivity index (χ1v) is 3.62. The molecule has 0 rings (SSSR count). The topological polar surface area (TPSA) is 69.6 Å². The van der Waals surface area contributed by atoms with Crippen LogP contribution < -0.4 is 5.32 Å². The third kappa shape index (κ3) is 3.95. The van der Waals surface area contributed by atoms with Gasteiger partial charge in [-0.2, -0.15) is 0 Å². The molecule has 0 aliphatic carbocycles. The van der Waals surface area contributed by atoms with E-state index in [4.69, 9.17) is 10.2 Å². The van der Waals surface area contributed by atoms with Crippen molar-refractivity contribution in [3.63, 3.8) is 0 Å². The zero-order valence-corrected chi connectivity index (χ0v) is 7.03. The Labute approximate surface area is 66.2 Å². The Morgan fingerprint density at radius 3 is 1.91 bits per heavy atom. The number of rotatable bonds is 4. The summed E-state index contributed by atoms with van der Waals surface area (Å²) in [5, 5.41) is 20.3. The summed E-state index contributed by atoms with van der Waals surface area (Å²) in [5.41, 5.74) is 0. The van der Waals surface area contributed by atoms with E-state index in [0.29, 0.717) is 0 Å². The maximum Gasteiger partial charge on any atom is 0.323 e. The molecule has 0 bridgehead atoms. The molecule has 0 aromatic carbocycles. The Hall–Kier alpha value is -0.610. The van der Waals surface area contributed by atoms with Crippen LogP contribution in [0.1, 0.15) is 20.8 Å². The van der Waals surface area contributed by atoms with Gasteiger partial charge in [0.1, 0.15) is 6.04 Å². The highest BCUT2D eigenvalue weighted by Gasteiger charge is 2.22. The van der Waals surface area contributed by atoms with E-state index in [9.17, 15) is 4.79 Å². The van der Waals surface area contributed by atoms with E-state index in [2.05, 4.69) is 5.32 Å². The fourth-order valence-corrected chi connectivity index (χ4v) is 0.776. The molecular weight excluding hydrogens is 146 g/mol. The molecule has 0 aliphatic heterocycles. The van der Waals surface area contributed by atoms with Gasteiger partial charge in [-0.3, -0.25) is 4.79 Å². The fraction of sp³-hybridized carbons (Fsp3) is 0.857. The van der Waals surface area contributed by atoms with Crippen molar-refractivity contribution in [3.05, 3.63) is 0 Å². The lowest BCUT2D eigenvalue weighted by Gasteiger charge is -2.19. The maximum absolute atomic E-state index is 10.5.